The van der Waals surface area contributed by atoms with Crippen molar-refractivity contribution in [2.45, 2.75) is 51.9 Å². The summed E-state index contributed by atoms with van der Waals surface area (Å²) in [6.45, 7) is 2.70. The summed E-state index contributed by atoms with van der Waals surface area (Å²) in [6, 6.07) is 4.09. The molecule has 3 nitrogen and oxygen atoms in total. The van der Waals surface area contributed by atoms with Crippen LogP contribution in [0.5, 0.6) is 0 Å². The molecule has 0 saturated heterocycles. The number of rotatable bonds is 5. The maximum atomic E-state index is 11.8. The van der Waals surface area contributed by atoms with Crippen molar-refractivity contribution in [3.8, 4) is 0 Å². The lowest BCUT2D eigenvalue weighted by molar-refractivity contribution is -0.122. The number of carbonyl (C=O) groups excluding carboxylic acids is 1. The number of hydrogen-bond donors (Lipinski definition) is 1. The van der Waals surface area contributed by atoms with E-state index in [-0.39, 0.29) is 5.91 Å². The molecule has 1 saturated carbocycles. The van der Waals surface area contributed by atoms with E-state index in [0.717, 1.165) is 18.7 Å². The van der Waals surface area contributed by atoms with E-state index < -0.39 is 0 Å². The van der Waals surface area contributed by atoms with Crippen molar-refractivity contribution in [2.75, 3.05) is 6.54 Å². The fraction of sp³-hybridized carbons (Fsp3) is 0.625. The fourth-order valence-corrected chi connectivity index (χ4v) is 2.72. The second-order valence-electron chi connectivity index (χ2n) is 5.62. The van der Waals surface area contributed by atoms with Gasteiger partial charge < -0.3 is 5.32 Å². The van der Waals surface area contributed by atoms with Crippen LogP contribution in [-0.2, 0) is 11.2 Å². The Bertz CT molecular complexity index is 394. The Hall–Kier alpha value is -1.38. The summed E-state index contributed by atoms with van der Waals surface area (Å²) in [6.07, 6.45) is 9.88. The molecule has 1 heterocycles. The van der Waals surface area contributed by atoms with Crippen molar-refractivity contribution in [1.82, 2.24) is 10.3 Å². The number of nitrogens with one attached hydrogen (secondary N) is 1. The standard InChI is InChI=1S/C16H24N2O/c1-13-7-8-15(12-18-13)9-10-17-16(19)11-14-5-3-2-4-6-14/h7-8,12,14H,2-6,9-11H2,1H3,(H,17,19). The molecule has 1 aliphatic carbocycles. The number of aryl methyl sites for hydroxylation is 1. The summed E-state index contributed by atoms with van der Waals surface area (Å²) in [7, 11) is 0. The summed E-state index contributed by atoms with van der Waals surface area (Å²) < 4.78 is 0. The van der Waals surface area contributed by atoms with Crippen LogP contribution in [0.15, 0.2) is 18.3 Å². The molecular formula is C16H24N2O. The van der Waals surface area contributed by atoms with Gasteiger partial charge in [0.2, 0.25) is 5.91 Å². The highest BCUT2D eigenvalue weighted by Gasteiger charge is 2.16. The predicted molar refractivity (Wildman–Crippen MR) is 76.9 cm³/mol. The second kappa shape index (κ2) is 7.27. The van der Waals surface area contributed by atoms with Crippen LogP contribution in [0.3, 0.4) is 0 Å². The smallest absolute Gasteiger partial charge is 0.220 e. The van der Waals surface area contributed by atoms with Gasteiger partial charge in [0.05, 0.1) is 0 Å². The zero-order chi connectivity index (χ0) is 13.5. The fourth-order valence-electron chi connectivity index (χ4n) is 2.72. The van der Waals surface area contributed by atoms with Crippen molar-refractivity contribution in [2.24, 2.45) is 5.92 Å². The molecule has 3 heteroatoms. The summed E-state index contributed by atoms with van der Waals surface area (Å²) in [5.74, 6) is 0.835. The van der Waals surface area contributed by atoms with Crippen LogP contribution in [0.1, 0.15) is 49.8 Å². The molecule has 1 aliphatic rings. The van der Waals surface area contributed by atoms with Crippen LogP contribution in [0, 0.1) is 12.8 Å². The van der Waals surface area contributed by atoms with Gasteiger partial charge in [-0.05, 0) is 43.7 Å². The number of hydrogen-bond acceptors (Lipinski definition) is 2. The third-order valence-corrected chi connectivity index (χ3v) is 3.91. The highest BCUT2D eigenvalue weighted by molar-refractivity contribution is 5.76. The Kier molecular flexibility index (Phi) is 5.37. The van der Waals surface area contributed by atoms with E-state index in [4.69, 9.17) is 0 Å². The van der Waals surface area contributed by atoms with E-state index in [1.165, 1.54) is 37.7 Å². The average Bonchev–Trinajstić information content (AvgIpc) is 2.42. The lowest BCUT2D eigenvalue weighted by Gasteiger charge is -2.20. The molecule has 1 fully saturated rings. The van der Waals surface area contributed by atoms with Crippen molar-refractivity contribution >= 4 is 5.91 Å². The largest absolute Gasteiger partial charge is 0.356 e. The van der Waals surface area contributed by atoms with Gasteiger partial charge in [-0.3, -0.25) is 9.78 Å². The molecule has 19 heavy (non-hydrogen) atoms. The van der Waals surface area contributed by atoms with Gasteiger partial charge in [-0.2, -0.15) is 0 Å². The van der Waals surface area contributed by atoms with Crippen LogP contribution in [0.25, 0.3) is 0 Å². The van der Waals surface area contributed by atoms with Crippen molar-refractivity contribution < 1.29 is 4.79 Å². The van der Waals surface area contributed by atoms with Gasteiger partial charge in [0.25, 0.3) is 0 Å². The molecule has 0 aliphatic heterocycles. The lowest BCUT2D eigenvalue weighted by Crippen LogP contribution is -2.28. The normalized spacial score (nSPS) is 16.3. The molecule has 1 aromatic heterocycles. The number of pyridine rings is 1. The minimum absolute atomic E-state index is 0.215. The minimum Gasteiger partial charge on any atom is -0.356 e. The molecule has 0 spiro atoms. The highest BCUT2D eigenvalue weighted by Crippen LogP contribution is 2.25. The molecule has 2 rings (SSSR count). The number of nitrogens with zero attached hydrogens (tertiary/aromatic N) is 1. The van der Waals surface area contributed by atoms with Gasteiger partial charge in [0.1, 0.15) is 0 Å². The van der Waals surface area contributed by atoms with Crippen LogP contribution in [-0.4, -0.2) is 17.4 Å². The molecular weight excluding hydrogens is 236 g/mol. The molecule has 1 amide bonds. The van der Waals surface area contributed by atoms with Gasteiger partial charge >= 0.3 is 0 Å². The maximum Gasteiger partial charge on any atom is 0.220 e. The van der Waals surface area contributed by atoms with Crippen LogP contribution < -0.4 is 5.32 Å². The third-order valence-electron chi connectivity index (χ3n) is 3.91. The van der Waals surface area contributed by atoms with Gasteiger partial charge in [-0.25, -0.2) is 0 Å². The molecule has 0 radical (unpaired) electrons. The number of amides is 1. The zero-order valence-electron chi connectivity index (χ0n) is 11.8. The summed E-state index contributed by atoms with van der Waals surface area (Å²) in [4.78, 5) is 16.1. The lowest BCUT2D eigenvalue weighted by atomic mass is 9.87. The SMILES string of the molecule is Cc1ccc(CCNC(=O)CC2CCCCC2)cn1. The molecule has 0 aromatic carbocycles. The first kappa shape index (κ1) is 14.0. The Morgan fingerprint density at radius 2 is 2.11 bits per heavy atom. The van der Waals surface area contributed by atoms with Gasteiger partial charge in [-0.1, -0.05) is 25.3 Å². The first-order valence-corrected chi connectivity index (χ1v) is 7.42. The first-order valence-electron chi connectivity index (χ1n) is 7.42. The van der Waals surface area contributed by atoms with E-state index in [1.807, 2.05) is 19.2 Å². The quantitative estimate of drug-likeness (QED) is 0.884. The first-order chi connectivity index (χ1) is 9.24. The molecule has 0 unspecified atom stereocenters. The second-order valence-corrected chi connectivity index (χ2v) is 5.62. The van der Waals surface area contributed by atoms with Crippen LogP contribution in [0.2, 0.25) is 0 Å². The van der Waals surface area contributed by atoms with Crippen molar-refractivity contribution in [3.05, 3.63) is 29.6 Å². The van der Waals surface area contributed by atoms with Crippen LogP contribution in [0.4, 0.5) is 0 Å². The average molecular weight is 260 g/mol. The number of carbonyl (C=O) groups is 1. The van der Waals surface area contributed by atoms with E-state index in [0.29, 0.717) is 12.3 Å². The van der Waals surface area contributed by atoms with Gasteiger partial charge in [-0.15, -0.1) is 0 Å². The van der Waals surface area contributed by atoms with E-state index in [2.05, 4.69) is 16.4 Å². The monoisotopic (exact) mass is 260 g/mol. The minimum atomic E-state index is 0.215. The third kappa shape index (κ3) is 5.01. The topological polar surface area (TPSA) is 42.0 Å². The highest BCUT2D eigenvalue weighted by atomic mass is 16.1. The van der Waals surface area contributed by atoms with E-state index in [1.54, 1.807) is 0 Å². The number of aromatic nitrogens is 1. The van der Waals surface area contributed by atoms with E-state index >= 15 is 0 Å². The zero-order valence-corrected chi connectivity index (χ0v) is 11.8. The van der Waals surface area contributed by atoms with Crippen molar-refractivity contribution in [3.63, 3.8) is 0 Å². The Labute approximate surface area is 115 Å². The molecule has 0 atom stereocenters. The summed E-state index contributed by atoms with van der Waals surface area (Å²) in [5.41, 5.74) is 2.22. The molecule has 0 bridgehead atoms. The van der Waals surface area contributed by atoms with Gasteiger partial charge in [0.15, 0.2) is 0 Å². The van der Waals surface area contributed by atoms with Crippen LogP contribution >= 0.6 is 0 Å². The summed E-state index contributed by atoms with van der Waals surface area (Å²) >= 11 is 0. The molecule has 104 valence electrons. The molecule has 1 N–H and O–H groups in total. The molecule has 1 aromatic rings. The predicted octanol–water partition coefficient (Wildman–Crippen LogP) is 3.02. The van der Waals surface area contributed by atoms with Crippen molar-refractivity contribution in [1.29, 1.82) is 0 Å². The summed E-state index contributed by atoms with van der Waals surface area (Å²) in [5, 5.41) is 3.03. The van der Waals surface area contributed by atoms with Gasteiger partial charge in [0, 0.05) is 24.9 Å². The Morgan fingerprint density at radius 1 is 1.32 bits per heavy atom. The maximum absolute atomic E-state index is 11.8. The Morgan fingerprint density at radius 3 is 2.79 bits per heavy atom. The van der Waals surface area contributed by atoms with E-state index in [9.17, 15) is 4.79 Å². The Balaban J connectivity index is 1.64.